The van der Waals surface area contributed by atoms with Gasteiger partial charge in [0.1, 0.15) is 0 Å². The lowest BCUT2D eigenvalue weighted by Gasteiger charge is -2.24. The van der Waals surface area contributed by atoms with E-state index < -0.39 is 10.0 Å². The van der Waals surface area contributed by atoms with Crippen molar-refractivity contribution in [2.24, 2.45) is 11.8 Å². The van der Waals surface area contributed by atoms with Gasteiger partial charge in [0.25, 0.3) is 0 Å². The van der Waals surface area contributed by atoms with Crippen molar-refractivity contribution in [3.63, 3.8) is 0 Å². The van der Waals surface area contributed by atoms with Gasteiger partial charge in [-0.3, -0.25) is 9.52 Å². The van der Waals surface area contributed by atoms with E-state index in [0.29, 0.717) is 0 Å². The van der Waals surface area contributed by atoms with Crippen LogP contribution in [-0.2, 0) is 14.8 Å². The molecule has 5 heteroatoms. The molecule has 1 unspecified atom stereocenters. The molecule has 1 fully saturated rings. The van der Waals surface area contributed by atoms with Crippen LogP contribution in [0.15, 0.2) is 0 Å². The molecule has 1 amide bonds. The minimum atomic E-state index is -3.41. The van der Waals surface area contributed by atoms with E-state index in [9.17, 15) is 13.2 Å². The van der Waals surface area contributed by atoms with Crippen molar-refractivity contribution in [1.82, 2.24) is 4.72 Å². The van der Waals surface area contributed by atoms with E-state index in [1.54, 1.807) is 0 Å². The zero-order chi connectivity index (χ0) is 11.5. The molecule has 1 N–H and O–H groups in total. The molecule has 0 aromatic heterocycles. The summed E-state index contributed by atoms with van der Waals surface area (Å²) in [6.07, 6.45) is 3.48. The Morgan fingerprint density at radius 2 is 2.07 bits per heavy atom. The number of hydrogen-bond acceptors (Lipinski definition) is 3. The van der Waals surface area contributed by atoms with Crippen molar-refractivity contribution in [2.45, 2.75) is 39.5 Å². The van der Waals surface area contributed by atoms with E-state index in [1.165, 1.54) is 0 Å². The van der Waals surface area contributed by atoms with Crippen molar-refractivity contribution in [3.8, 4) is 0 Å². The number of hydrogen-bond donors (Lipinski definition) is 1. The standard InChI is InChI=1S/C10H19NO3S/c1-3-8(2)7-15(13,14)11-10(12)9-5-4-6-9/h8-9H,3-7H2,1-2H3,(H,11,12). The summed E-state index contributed by atoms with van der Waals surface area (Å²) in [6, 6.07) is 0. The van der Waals surface area contributed by atoms with Crippen LogP contribution in [-0.4, -0.2) is 20.1 Å². The quantitative estimate of drug-likeness (QED) is 0.778. The first-order valence-electron chi connectivity index (χ1n) is 5.49. The summed E-state index contributed by atoms with van der Waals surface area (Å²) in [5.41, 5.74) is 0. The van der Waals surface area contributed by atoms with Crippen molar-refractivity contribution in [3.05, 3.63) is 0 Å². The second-order valence-corrected chi connectivity index (χ2v) is 6.16. The minimum Gasteiger partial charge on any atom is -0.274 e. The molecule has 0 radical (unpaired) electrons. The van der Waals surface area contributed by atoms with Crippen molar-refractivity contribution in [1.29, 1.82) is 0 Å². The predicted octanol–water partition coefficient (Wildman–Crippen LogP) is 1.28. The number of rotatable bonds is 5. The second-order valence-electron chi connectivity index (χ2n) is 4.39. The highest BCUT2D eigenvalue weighted by Crippen LogP contribution is 2.26. The Kier molecular flexibility index (Phi) is 4.13. The smallest absolute Gasteiger partial charge is 0.236 e. The van der Waals surface area contributed by atoms with E-state index >= 15 is 0 Å². The molecule has 1 rings (SSSR count). The Balaban J connectivity index is 2.44. The van der Waals surface area contributed by atoms with E-state index in [4.69, 9.17) is 0 Å². The third-order valence-corrected chi connectivity index (χ3v) is 4.45. The molecule has 0 saturated heterocycles. The highest BCUT2D eigenvalue weighted by atomic mass is 32.2. The molecule has 1 aliphatic rings. The molecular weight excluding hydrogens is 214 g/mol. The van der Waals surface area contributed by atoms with Gasteiger partial charge in [0.15, 0.2) is 0 Å². The fourth-order valence-corrected chi connectivity index (χ4v) is 2.98. The zero-order valence-electron chi connectivity index (χ0n) is 9.32. The second kappa shape index (κ2) is 4.96. The summed E-state index contributed by atoms with van der Waals surface area (Å²) in [6.45, 7) is 3.81. The number of nitrogens with one attached hydrogen (secondary N) is 1. The minimum absolute atomic E-state index is 0.0436. The molecule has 15 heavy (non-hydrogen) atoms. The molecule has 1 atom stereocenters. The Labute approximate surface area is 91.5 Å². The predicted molar refractivity (Wildman–Crippen MR) is 58.7 cm³/mol. The van der Waals surface area contributed by atoms with E-state index in [1.807, 2.05) is 13.8 Å². The third-order valence-electron chi connectivity index (χ3n) is 2.93. The van der Waals surface area contributed by atoms with Crippen LogP contribution in [0.3, 0.4) is 0 Å². The molecule has 0 aliphatic heterocycles. The lowest BCUT2D eigenvalue weighted by Crippen LogP contribution is -2.40. The van der Waals surface area contributed by atoms with Gasteiger partial charge < -0.3 is 0 Å². The molecule has 0 bridgehead atoms. The molecule has 0 heterocycles. The van der Waals surface area contributed by atoms with E-state index in [2.05, 4.69) is 4.72 Å². The topological polar surface area (TPSA) is 63.2 Å². The molecule has 0 aromatic carbocycles. The molecule has 4 nitrogen and oxygen atoms in total. The third kappa shape index (κ3) is 3.81. The zero-order valence-corrected chi connectivity index (χ0v) is 10.1. The van der Waals surface area contributed by atoms with Gasteiger partial charge >= 0.3 is 0 Å². The van der Waals surface area contributed by atoms with E-state index in [-0.39, 0.29) is 23.5 Å². The highest BCUT2D eigenvalue weighted by Gasteiger charge is 2.28. The number of sulfonamides is 1. The van der Waals surface area contributed by atoms with Crippen LogP contribution in [0.1, 0.15) is 39.5 Å². The number of carbonyl (C=O) groups is 1. The first-order chi connectivity index (χ1) is 6.94. The lowest BCUT2D eigenvalue weighted by atomic mass is 9.85. The molecule has 0 spiro atoms. The first kappa shape index (κ1) is 12.5. The van der Waals surface area contributed by atoms with Crippen LogP contribution in [0, 0.1) is 11.8 Å². The summed E-state index contributed by atoms with van der Waals surface area (Å²) in [5.74, 6) is -0.250. The van der Waals surface area contributed by atoms with Gasteiger partial charge in [0, 0.05) is 5.92 Å². The summed E-state index contributed by atoms with van der Waals surface area (Å²) in [7, 11) is -3.41. The van der Waals surface area contributed by atoms with Gasteiger partial charge in [0.2, 0.25) is 15.9 Å². The van der Waals surface area contributed by atoms with E-state index in [0.717, 1.165) is 25.7 Å². The maximum atomic E-state index is 11.5. The van der Waals surface area contributed by atoms with Gasteiger partial charge in [-0.05, 0) is 18.8 Å². The number of carbonyl (C=O) groups excluding carboxylic acids is 1. The van der Waals surface area contributed by atoms with Crippen molar-refractivity contribution < 1.29 is 13.2 Å². The van der Waals surface area contributed by atoms with Crippen LogP contribution in [0.25, 0.3) is 0 Å². The Bertz CT molecular complexity index is 320. The largest absolute Gasteiger partial charge is 0.274 e. The normalized spacial score (nSPS) is 19.3. The summed E-state index contributed by atoms with van der Waals surface area (Å²) >= 11 is 0. The Hall–Kier alpha value is -0.580. The molecule has 1 saturated carbocycles. The fraction of sp³-hybridized carbons (Fsp3) is 0.900. The van der Waals surface area contributed by atoms with Gasteiger partial charge in [0.05, 0.1) is 5.75 Å². The number of amides is 1. The van der Waals surface area contributed by atoms with Gasteiger partial charge in [-0.25, -0.2) is 8.42 Å². The van der Waals surface area contributed by atoms with Crippen molar-refractivity contribution >= 4 is 15.9 Å². The SMILES string of the molecule is CCC(C)CS(=O)(=O)NC(=O)C1CCC1. The Morgan fingerprint density at radius 1 is 1.47 bits per heavy atom. The van der Waals surface area contributed by atoms with Crippen LogP contribution >= 0.6 is 0 Å². The highest BCUT2D eigenvalue weighted by molar-refractivity contribution is 7.90. The fourth-order valence-electron chi connectivity index (χ4n) is 1.44. The average Bonchev–Trinajstić information content (AvgIpc) is 1.98. The molecule has 88 valence electrons. The average molecular weight is 233 g/mol. The monoisotopic (exact) mass is 233 g/mol. The Morgan fingerprint density at radius 3 is 2.47 bits per heavy atom. The molecular formula is C10H19NO3S. The summed E-state index contributed by atoms with van der Waals surface area (Å²) in [4.78, 5) is 11.4. The summed E-state index contributed by atoms with van der Waals surface area (Å²) in [5, 5.41) is 0. The molecule has 1 aliphatic carbocycles. The van der Waals surface area contributed by atoms with Gasteiger partial charge in [-0.15, -0.1) is 0 Å². The van der Waals surface area contributed by atoms with Crippen molar-refractivity contribution in [2.75, 3.05) is 5.75 Å². The van der Waals surface area contributed by atoms with Crippen LogP contribution in [0.2, 0.25) is 0 Å². The van der Waals surface area contributed by atoms with Gasteiger partial charge in [-0.1, -0.05) is 26.7 Å². The lowest BCUT2D eigenvalue weighted by molar-refractivity contribution is -0.125. The summed E-state index contributed by atoms with van der Waals surface area (Å²) < 4.78 is 25.2. The first-order valence-corrected chi connectivity index (χ1v) is 7.14. The molecule has 0 aromatic rings. The maximum absolute atomic E-state index is 11.5. The van der Waals surface area contributed by atoms with Crippen LogP contribution in [0.4, 0.5) is 0 Å². The van der Waals surface area contributed by atoms with Crippen LogP contribution in [0.5, 0.6) is 0 Å². The van der Waals surface area contributed by atoms with Gasteiger partial charge in [-0.2, -0.15) is 0 Å². The van der Waals surface area contributed by atoms with Crippen LogP contribution < -0.4 is 4.72 Å². The maximum Gasteiger partial charge on any atom is 0.236 e.